The Morgan fingerprint density at radius 3 is 2.35 bits per heavy atom. The zero-order valence-corrected chi connectivity index (χ0v) is 17.1. The van der Waals surface area contributed by atoms with Crippen molar-refractivity contribution in [2.24, 2.45) is 0 Å². The molecule has 31 heavy (non-hydrogen) atoms. The number of imide groups is 1. The highest BCUT2D eigenvalue weighted by atomic mass is 16.2. The molecular formula is C24H21N3O4. The Balaban J connectivity index is 1.54. The van der Waals surface area contributed by atoms with Crippen molar-refractivity contribution < 1.29 is 19.2 Å². The first-order chi connectivity index (χ1) is 14.8. The summed E-state index contributed by atoms with van der Waals surface area (Å²) in [7, 11) is 0. The van der Waals surface area contributed by atoms with Gasteiger partial charge in [0.1, 0.15) is 12.1 Å². The zero-order chi connectivity index (χ0) is 22.2. The summed E-state index contributed by atoms with van der Waals surface area (Å²) >= 11 is 0. The van der Waals surface area contributed by atoms with Crippen molar-refractivity contribution in [1.82, 2.24) is 10.2 Å². The first kappa shape index (κ1) is 20.3. The minimum absolute atomic E-state index is 0.0788. The maximum absolute atomic E-state index is 13.2. The molecule has 1 saturated heterocycles. The largest absolute Gasteiger partial charge is 0.325 e. The van der Waals surface area contributed by atoms with Gasteiger partial charge in [-0.15, -0.1) is 0 Å². The first-order valence-electron chi connectivity index (χ1n) is 9.83. The molecule has 2 N–H and O–H groups in total. The molecule has 156 valence electrons. The molecule has 1 fully saturated rings. The van der Waals surface area contributed by atoms with Crippen LogP contribution >= 0.6 is 0 Å². The van der Waals surface area contributed by atoms with E-state index >= 15 is 0 Å². The van der Waals surface area contributed by atoms with Crippen LogP contribution in [-0.2, 0) is 15.1 Å². The summed E-state index contributed by atoms with van der Waals surface area (Å²) in [6.07, 6.45) is 0. The SMILES string of the molecule is CC(=O)c1ccc(NC(=O)CN2C(=O)N[C@](C)(c3cccc4ccccc34)C2=O)cc1. The van der Waals surface area contributed by atoms with E-state index in [2.05, 4.69) is 10.6 Å². The van der Waals surface area contributed by atoms with Crippen molar-refractivity contribution >= 4 is 40.1 Å². The molecule has 4 rings (SSSR count). The lowest BCUT2D eigenvalue weighted by Crippen LogP contribution is -2.42. The number of carbonyl (C=O) groups is 4. The molecule has 1 aliphatic heterocycles. The molecule has 4 amide bonds. The predicted molar refractivity (Wildman–Crippen MR) is 117 cm³/mol. The van der Waals surface area contributed by atoms with Crippen LogP contribution in [0, 0.1) is 0 Å². The van der Waals surface area contributed by atoms with Gasteiger partial charge >= 0.3 is 6.03 Å². The van der Waals surface area contributed by atoms with Gasteiger partial charge in [-0.3, -0.25) is 19.3 Å². The van der Waals surface area contributed by atoms with E-state index in [9.17, 15) is 19.2 Å². The number of anilines is 1. The number of nitrogens with one attached hydrogen (secondary N) is 2. The van der Waals surface area contributed by atoms with E-state index in [-0.39, 0.29) is 5.78 Å². The number of urea groups is 1. The second-order valence-corrected chi connectivity index (χ2v) is 7.65. The second kappa shape index (κ2) is 7.68. The molecule has 0 unspecified atom stereocenters. The molecule has 0 spiro atoms. The van der Waals surface area contributed by atoms with Crippen LogP contribution in [0.25, 0.3) is 10.8 Å². The van der Waals surface area contributed by atoms with Crippen LogP contribution in [0.1, 0.15) is 29.8 Å². The average Bonchev–Trinajstić information content (AvgIpc) is 2.97. The first-order valence-corrected chi connectivity index (χ1v) is 9.83. The molecule has 7 nitrogen and oxygen atoms in total. The number of hydrogen-bond acceptors (Lipinski definition) is 4. The molecule has 1 aliphatic rings. The Morgan fingerprint density at radius 1 is 0.968 bits per heavy atom. The number of amides is 4. The topological polar surface area (TPSA) is 95.6 Å². The molecule has 1 atom stereocenters. The number of fused-ring (bicyclic) bond motifs is 1. The number of rotatable bonds is 5. The molecule has 3 aromatic rings. The van der Waals surface area contributed by atoms with Gasteiger partial charge < -0.3 is 10.6 Å². The maximum Gasteiger partial charge on any atom is 0.325 e. The Labute approximate surface area is 179 Å². The molecular weight excluding hydrogens is 394 g/mol. The van der Waals surface area contributed by atoms with E-state index in [1.807, 2.05) is 36.4 Å². The normalized spacial score (nSPS) is 18.2. The molecule has 0 saturated carbocycles. The minimum atomic E-state index is -1.28. The van der Waals surface area contributed by atoms with Crippen LogP contribution < -0.4 is 10.6 Å². The van der Waals surface area contributed by atoms with Crippen LogP contribution in [-0.4, -0.2) is 35.1 Å². The zero-order valence-electron chi connectivity index (χ0n) is 17.1. The Morgan fingerprint density at radius 2 is 1.65 bits per heavy atom. The van der Waals surface area contributed by atoms with Crippen molar-refractivity contribution in [3.05, 3.63) is 77.9 Å². The third-order valence-electron chi connectivity index (χ3n) is 5.48. The highest BCUT2D eigenvalue weighted by molar-refractivity contribution is 6.11. The van der Waals surface area contributed by atoms with E-state index in [0.29, 0.717) is 16.8 Å². The standard InChI is InChI=1S/C24H21N3O4/c1-15(28)16-10-12-18(13-11-16)25-21(29)14-27-22(30)24(2,26-23(27)31)20-9-5-7-17-6-3-4-8-19(17)20/h3-13H,14H2,1-2H3,(H,25,29)(H,26,31)/t24-/m1/s1. The Hall–Kier alpha value is -4.00. The van der Waals surface area contributed by atoms with Gasteiger partial charge in [0.25, 0.3) is 5.91 Å². The summed E-state index contributed by atoms with van der Waals surface area (Å²) in [5.74, 6) is -1.08. The number of nitrogens with zero attached hydrogens (tertiary/aromatic N) is 1. The van der Waals surface area contributed by atoms with Gasteiger partial charge in [0.05, 0.1) is 0 Å². The molecule has 0 radical (unpaired) electrons. The van der Waals surface area contributed by atoms with E-state index in [4.69, 9.17) is 0 Å². The third kappa shape index (κ3) is 3.66. The third-order valence-corrected chi connectivity index (χ3v) is 5.48. The van der Waals surface area contributed by atoms with Gasteiger partial charge in [-0.2, -0.15) is 0 Å². The molecule has 0 aromatic heterocycles. The van der Waals surface area contributed by atoms with Crippen LogP contribution in [0.4, 0.5) is 10.5 Å². The molecule has 1 heterocycles. The van der Waals surface area contributed by atoms with E-state index in [1.54, 1.807) is 37.3 Å². The number of Topliss-reactive ketones (excluding diaryl/α,β-unsaturated/α-hetero) is 1. The summed E-state index contributed by atoms with van der Waals surface area (Å²) in [6, 6.07) is 19.0. The van der Waals surface area contributed by atoms with Gasteiger partial charge in [0, 0.05) is 11.3 Å². The van der Waals surface area contributed by atoms with Crippen molar-refractivity contribution in [2.75, 3.05) is 11.9 Å². The van der Waals surface area contributed by atoms with Gasteiger partial charge in [0.15, 0.2) is 5.78 Å². The van der Waals surface area contributed by atoms with Crippen LogP contribution in [0.2, 0.25) is 0 Å². The predicted octanol–water partition coefficient (Wildman–Crippen LogP) is 3.45. The summed E-state index contributed by atoms with van der Waals surface area (Å²) in [6.45, 7) is 2.69. The van der Waals surface area contributed by atoms with Crippen molar-refractivity contribution in [3.63, 3.8) is 0 Å². The highest BCUT2D eigenvalue weighted by Crippen LogP contribution is 2.33. The quantitative estimate of drug-likeness (QED) is 0.493. The lowest BCUT2D eigenvalue weighted by molar-refractivity contribution is -0.133. The van der Waals surface area contributed by atoms with Crippen LogP contribution in [0.15, 0.2) is 66.7 Å². The Kier molecular flexibility index (Phi) is 5.02. The lowest BCUT2D eigenvalue weighted by atomic mass is 9.88. The molecule has 0 aliphatic carbocycles. The van der Waals surface area contributed by atoms with Crippen LogP contribution in [0.5, 0.6) is 0 Å². The van der Waals surface area contributed by atoms with Crippen LogP contribution in [0.3, 0.4) is 0 Å². The van der Waals surface area contributed by atoms with Crippen molar-refractivity contribution in [1.29, 1.82) is 0 Å². The van der Waals surface area contributed by atoms with E-state index in [0.717, 1.165) is 15.7 Å². The Bertz CT molecular complexity index is 1210. The monoisotopic (exact) mass is 415 g/mol. The summed E-state index contributed by atoms with van der Waals surface area (Å²) in [5.41, 5.74) is 0.393. The number of benzene rings is 3. The summed E-state index contributed by atoms with van der Waals surface area (Å²) < 4.78 is 0. The minimum Gasteiger partial charge on any atom is -0.325 e. The number of ketones is 1. The summed E-state index contributed by atoms with van der Waals surface area (Å²) in [4.78, 5) is 50.6. The van der Waals surface area contributed by atoms with Gasteiger partial charge in [0.2, 0.25) is 5.91 Å². The fourth-order valence-electron chi connectivity index (χ4n) is 3.82. The molecule has 3 aromatic carbocycles. The summed E-state index contributed by atoms with van der Waals surface area (Å²) in [5, 5.41) is 7.21. The van der Waals surface area contributed by atoms with Crippen molar-refractivity contribution in [2.45, 2.75) is 19.4 Å². The number of hydrogen-bond donors (Lipinski definition) is 2. The van der Waals surface area contributed by atoms with Gasteiger partial charge in [-0.05, 0) is 54.4 Å². The van der Waals surface area contributed by atoms with E-state index in [1.165, 1.54) is 6.92 Å². The average molecular weight is 415 g/mol. The lowest BCUT2D eigenvalue weighted by Gasteiger charge is -2.24. The fraction of sp³-hybridized carbons (Fsp3) is 0.167. The van der Waals surface area contributed by atoms with Gasteiger partial charge in [-0.1, -0.05) is 42.5 Å². The van der Waals surface area contributed by atoms with E-state index < -0.39 is 29.9 Å². The number of carbonyl (C=O) groups excluding carboxylic acids is 4. The smallest absolute Gasteiger partial charge is 0.325 e. The second-order valence-electron chi connectivity index (χ2n) is 7.65. The molecule has 0 bridgehead atoms. The molecule has 7 heteroatoms. The van der Waals surface area contributed by atoms with Gasteiger partial charge in [-0.25, -0.2) is 4.79 Å². The van der Waals surface area contributed by atoms with Crippen molar-refractivity contribution in [3.8, 4) is 0 Å². The highest BCUT2D eigenvalue weighted by Gasteiger charge is 2.50. The fourth-order valence-corrected chi connectivity index (χ4v) is 3.82. The maximum atomic E-state index is 13.2.